The standard InChI is InChI=1S/C13H19FN2/c1-2-5-16(13-3-4-13)9-10-6-11(14)8-12(15)7-10/h6-8,13H,2-5,9,15H2,1H3. The number of halogens is 1. The lowest BCUT2D eigenvalue weighted by atomic mass is 10.1. The Labute approximate surface area is 96.2 Å². The quantitative estimate of drug-likeness (QED) is 0.776. The van der Waals surface area contributed by atoms with E-state index in [4.69, 9.17) is 5.73 Å². The SMILES string of the molecule is CCCN(Cc1cc(N)cc(F)c1)C1CC1. The smallest absolute Gasteiger partial charge is 0.125 e. The second-order valence-electron chi connectivity index (χ2n) is 4.59. The van der Waals surface area contributed by atoms with E-state index in [2.05, 4.69) is 11.8 Å². The van der Waals surface area contributed by atoms with Gasteiger partial charge in [-0.1, -0.05) is 6.92 Å². The zero-order valence-electron chi connectivity index (χ0n) is 9.75. The molecule has 16 heavy (non-hydrogen) atoms. The molecule has 1 aromatic rings. The van der Waals surface area contributed by atoms with E-state index in [9.17, 15) is 4.39 Å². The summed E-state index contributed by atoms with van der Waals surface area (Å²) in [7, 11) is 0. The number of benzene rings is 1. The summed E-state index contributed by atoms with van der Waals surface area (Å²) in [6, 6.07) is 5.53. The minimum atomic E-state index is -0.234. The largest absolute Gasteiger partial charge is 0.399 e. The summed E-state index contributed by atoms with van der Waals surface area (Å²) >= 11 is 0. The molecule has 2 N–H and O–H groups in total. The Kier molecular flexibility index (Phi) is 3.44. The summed E-state index contributed by atoms with van der Waals surface area (Å²) in [4.78, 5) is 2.42. The maximum atomic E-state index is 13.2. The molecule has 0 radical (unpaired) electrons. The number of nitrogens with two attached hydrogens (primary N) is 1. The molecule has 0 spiro atoms. The Morgan fingerprint density at radius 1 is 1.38 bits per heavy atom. The van der Waals surface area contributed by atoms with E-state index in [1.165, 1.54) is 18.9 Å². The highest BCUT2D eigenvalue weighted by Gasteiger charge is 2.28. The summed E-state index contributed by atoms with van der Waals surface area (Å²) in [6.45, 7) is 4.08. The van der Waals surface area contributed by atoms with Crippen molar-refractivity contribution in [3.8, 4) is 0 Å². The fourth-order valence-corrected chi connectivity index (χ4v) is 2.12. The molecular weight excluding hydrogens is 203 g/mol. The van der Waals surface area contributed by atoms with E-state index in [1.54, 1.807) is 6.07 Å². The first kappa shape index (κ1) is 11.4. The predicted octanol–water partition coefficient (Wildman–Crippen LogP) is 2.78. The third-order valence-electron chi connectivity index (χ3n) is 2.94. The van der Waals surface area contributed by atoms with Gasteiger partial charge in [0.05, 0.1) is 0 Å². The highest BCUT2D eigenvalue weighted by molar-refractivity contribution is 5.41. The third-order valence-corrected chi connectivity index (χ3v) is 2.94. The number of hydrogen-bond acceptors (Lipinski definition) is 2. The molecule has 2 rings (SSSR count). The number of anilines is 1. The lowest BCUT2D eigenvalue weighted by Crippen LogP contribution is -2.26. The van der Waals surface area contributed by atoms with Gasteiger partial charge in [-0.15, -0.1) is 0 Å². The van der Waals surface area contributed by atoms with Gasteiger partial charge in [-0.25, -0.2) is 4.39 Å². The van der Waals surface area contributed by atoms with Crippen LogP contribution < -0.4 is 5.73 Å². The lowest BCUT2D eigenvalue weighted by molar-refractivity contribution is 0.255. The highest BCUT2D eigenvalue weighted by atomic mass is 19.1. The molecule has 3 heteroatoms. The molecule has 0 aromatic heterocycles. The van der Waals surface area contributed by atoms with E-state index in [1.807, 2.05) is 6.07 Å². The lowest BCUT2D eigenvalue weighted by Gasteiger charge is -2.21. The molecule has 0 saturated heterocycles. The number of nitrogen functional groups attached to an aromatic ring is 1. The first-order valence-corrected chi connectivity index (χ1v) is 5.98. The molecular formula is C13H19FN2. The van der Waals surface area contributed by atoms with Crippen molar-refractivity contribution in [2.24, 2.45) is 0 Å². The summed E-state index contributed by atoms with van der Waals surface area (Å²) in [5.74, 6) is -0.234. The van der Waals surface area contributed by atoms with Crippen molar-refractivity contribution in [3.05, 3.63) is 29.6 Å². The Hall–Kier alpha value is -1.09. The van der Waals surface area contributed by atoms with Crippen molar-refractivity contribution in [3.63, 3.8) is 0 Å². The molecule has 0 unspecified atom stereocenters. The number of rotatable bonds is 5. The van der Waals surface area contributed by atoms with Gasteiger partial charge in [0.1, 0.15) is 5.82 Å². The normalized spacial score (nSPS) is 15.7. The molecule has 1 aliphatic carbocycles. The Morgan fingerprint density at radius 3 is 2.69 bits per heavy atom. The van der Waals surface area contributed by atoms with Crippen LogP contribution in [-0.2, 0) is 6.54 Å². The van der Waals surface area contributed by atoms with E-state index >= 15 is 0 Å². The van der Waals surface area contributed by atoms with E-state index < -0.39 is 0 Å². The van der Waals surface area contributed by atoms with Crippen molar-refractivity contribution >= 4 is 5.69 Å². The van der Waals surface area contributed by atoms with Gasteiger partial charge in [0.25, 0.3) is 0 Å². The average molecular weight is 222 g/mol. The van der Waals surface area contributed by atoms with Crippen LogP contribution in [0.1, 0.15) is 31.7 Å². The summed E-state index contributed by atoms with van der Waals surface area (Å²) in [5.41, 5.74) is 7.14. The van der Waals surface area contributed by atoms with Crippen molar-refractivity contribution in [2.45, 2.75) is 38.8 Å². The molecule has 1 aromatic carbocycles. The Bertz CT molecular complexity index is 341. The van der Waals surface area contributed by atoms with Crippen LogP contribution in [0.2, 0.25) is 0 Å². The highest BCUT2D eigenvalue weighted by Crippen LogP contribution is 2.28. The van der Waals surface area contributed by atoms with E-state index in [0.717, 1.165) is 25.1 Å². The summed E-state index contributed by atoms with van der Waals surface area (Å²) in [5, 5.41) is 0. The average Bonchev–Trinajstić information content (AvgIpc) is 2.98. The van der Waals surface area contributed by atoms with Gasteiger partial charge >= 0.3 is 0 Å². The van der Waals surface area contributed by atoms with Crippen molar-refractivity contribution < 1.29 is 4.39 Å². The second-order valence-corrected chi connectivity index (χ2v) is 4.59. The maximum Gasteiger partial charge on any atom is 0.125 e. The molecule has 0 amide bonds. The minimum absolute atomic E-state index is 0.234. The van der Waals surface area contributed by atoms with E-state index in [0.29, 0.717) is 11.7 Å². The molecule has 0 bridgehead atoms. The second kappa shape index (κ2) is 4.83. The topological polar surface area (TPSA) is 29.3 Å². The van der Waals surface area contributed by atoms with Crippen molar-refractivity contribution in [2.75, 3.05) is 12.3 Å². The third kappa shape index (κ3) is 2.95. The zero-order chi connectivity index (χ0) is 11.5. The van der Waals surface area contributed by atoms with Crippen LogP contribution in [0.5, 0.6) is 0 Å². The molecule has 1 saturated carbocycles. The first-order valence-electron chi connectivity index (χ1n) is 5.98. The van der Waals surface area contributed by atoms with Crippen LogP contribution in [0.25, 0.3) is 0 Å². The van der Waals surface area contributed by atoms with Gasteiger partial charge < -0.3 is 5.73 Å². The molecule has 1 fully saturated rings. The number of nitrogens with zero attached hydrogens (tertiary/aromatic N) is 1. The Balaban J connectivity index is 2.05. The van der Waals surface area contributed by atoms with Gasteiger partial charge in [-0.3, -0.25) is 4.90 Å². The van der Waals surface area contributed by atoms with Crippen molar-refractivity contribution in [1.82, 2.24) is 4.90 Å². The van der Waals surface area contributed by atoms with Gasteiger partial charge in [0.15, 0.2) is 0 Å². The minimum Gasteiger partial charge on any atom is -0.399 e. The fraction of sp³-hybridized carbons (Fsp3) is 0.538. The summed E-state index contributed by atoms with van der Waals surface area (Å²) in [6.07, 6.45) is 3.71. The fourth-order valence-electron chi connectivity index (χ4n) is 2.12. The molecule has 1 aliphatic rings. The van der Waals surface area contributed by atoms with Crippen LogP contribution >= 0.6 is 0 Å². The predicted molar refractivity (Wildman–Crippen MR) is 64.5 cm³/mol. The maximum absolute atomic E-state index is 13.2. The zero-order valence-corrected chi connectivity index (χ0v) is 9.75. The van der Waals surface area contributed by atoms with Crippen LogP contribution in [-0.4, -0.2) is 17.5 Å². The monoisotopic (exact) mass is 222 g/mol. The van der Waals surface area contributed by atoms with Crippen molar-refractivity contribution in [1.29, 1.82) is 0 Å². The number of hydrogen-bond donors (Lipinski definition) is 1. The van der Waals surface area contributed by atoms with Crippen LogP contribution in [0.15, 0.2) is 18.2 Å². The van der Waals surface area contributed by atoms with Gasteiger partial charge in [0, 0.05) is 18.3 Å². The first-order chi connectivity index (χ1) is 7.69. The van der Waals surface area contributed by atoms with Gasteiger partial charge in [-0.05, 0) is 49.6 Å². The van der Waals surface area contributed by atoms with E-state index in [-0.39, 0.29) is 5.82 Å². The van der Waals surface area contributed by atoms with Crippen LogP contribution in [0.3, 0.4) is 0 Å². The van der Waals surface area contributed by atoms with Crippen LogP contribution in [0.4, 0.5) is 10.1 Å². The van der Waals surface area contributed by atoms with Crippen LogP contribution in [0, 0.1) is 5.82 Å². The molecule has 0 atom stereocenters. The molecule has 2 nitrogen and oxygen atoms in total. The van der Waals surface area contributed by atoms with Gasteiger partial charge in [-0.2, -0.15) is 0 Å². The molecule has 0 aliphatic heterocycles. The summed E-state index contributed by atoms with van der Waals surface area (Å²) < 4.78 is 13.2. The Morgan fingerprint density at radius 2 is 2.12 bits per heavy atom. The molecule has 88 valence electrons. The van der Waals surface area contributed by atoms with Gasteiger partial charge in [0.2, 0.25) is 0 Å². The molecule has 0 heterocycles.